The van der Waals surface area contributed by atoms with E-state index < -0.39 is 5.97 Å². The van der Waals surface area contributed by atoms with E-state index in [1.165, 1.54) is 14.0 Å². The van der Waals surface area contributed by atoms with Gasteiger partial charge in [-0.05, 0) is 49.7 Å². The number of hydrogen-bond acceptors (Lipinski definition) is 6. The fraction of sp³-hybridized carbons (Fsp3) is 0.273. The molecule has 0 atom stereocenters. The second-order valence-corrected chi connectivity index (χ2v) is 6.35. The van der Waals surface area contributed by atoms with Crippen molar-refractivity contribution in [2.24, 2.45) is 0 Å². The first-order chi connectivity index (χ1) is 13.9. The number of rotatable bonds is 10. The molecule has 0 aliphatic carbocycles. The molecule has 7 heteroatoms. The molecule has 0 bridgehead atoms. The van der Waals surface area contributed by atoms with Crippen molar-refractivity contribution in [3.8, 4) is 5.75 Å². The Kier molecular flexibility index (Phi) is 8.09. The van der Waals surface area contributed by atoms with Gasteiger partial charge < -0.3 is 14.8 Å². The maximum Gasteiger partial charge on any atom is 0.306 e. The van der Waals surface area contributed by atoms with Crippen LogP contribution in [-0.2, 0) is 14.3 Å². The van der Waals surface area contributed by atoms with Crippen LogP contribution in [0.15, 0.2) is 48.5 Å². The number of ketones is 2. The summed E-state index contributed by atoms with van der Waals surface area (Å²) in [5.41, 5.74) is 1.54. The number of carbonyl (C=O) groups excluding carboxylic acids is 4. The highest BCUT2D eigenvalue weighted by Crippen LogP contribution is 2.14. The molecule has 0 heterocycles. The maximum atomic E-state index is 12.1. The molecule has 2 aromatic carbocycles. The van der Waals surface area contributed by atoms with E-state index in [1.54, 1.807) is 48.5 Å². The molecule has 2 rings (SSSR count). The third-order valence-corrected chi connectivity index (χ3v) is 4.12. The fourth-order valence-electron chi connectivity index (χ4n) is 2.50. The standard InChI is InChI=1S/C22H23NO6/c1-15(24)16-9-11-18(12-10-16)23-21(26)7-4-8-22(27)29-14-20(25)17-5-3-6-19(13-17)28-2/h3,5-6,9-13H,4,7-8,14H2,1-2H3,(H,23,26). The fourth-order valence-corrected chi connectivity index (χ4v) is 2.50. The Morgan fingerprint density at radius 1 is 0.931 bits per heavy atom. The Labute approximate surface area is 169 Å². The van der Waals surface area contributed by atoms with Crippen LogP contribution in [0, 0.1) is 0 Å². The number of Topliss-reactive ketones (excluding diaryl/α,β-unsaturated/α-hetero) is 2. The molecule has 0 radical (unpaired) electrons. The Morgan fingerprint density at radius 2 is 1.66 bits per heavy atom. The molecule has 0 aliphatic rings. The molecular formula is C22H23NO6. The van der Waals surface area contributed by atoms with E-state index in [1.807, 2.05) is 0 Å². The van der Waals surface area contributed by atoms with Crippen molar-refractivity contribution in [1.29, 1.82) is 0 Å². The zero-order chi connectivity index (χ0) is 21.2. The normalized spacial score (nSPS) is 10.1. The van der Waals surface area contributed by atoms with Crippen LogP contribution in [0.5, 0.6) is 5.75 Å². The second-order valence-electron chi connectivity index (χ2n) is 6.35. The van der Waals surface area contributed by atoms with Crippen molar-refractivity contribution in [2.45, 2.75) is 26.2 Å². The summed E-state index contributed by atoms with van der Waals surface area (Å²) in [5.74, 6) is -0.625. The van der Waals surface area contributed by atoms with Gasteiger partial charge in [-0.1, -0.05) is 12.1 Å². The second kappa shape index (κ2) is 10.8. The van der Waals surface area contributed by atoms with Crippen LogP contribution < -0.4 is 10.1 Å². The summed E-state index contributed by atoms with van der Waals surface area (Å²) < 4.78 is 10.0. The molecule has 2 aromatic rings. The lowest BCUT2D eigenvalue weighted by atomic mass is 10.1. The number of anilines is 1. The highest BCUT2D eigenvalue weighted by Gasteiger charge is 2.12. The number of benzene rings is 2. The van der Waals surface area contributed by atoms with Crippen molar-refractivity contribution in [3.05, 3.63) is 59.7 Å². The van der Waals surface area contributed by atoms with Gasteiger partial charge >= 0.3 is 5.97 Å². The summed E-state index contributed by atoms with van der Waals surface area (Å²) in [7, 11) is 1.50. The van der Waals surface area contributed by atoms with Gasteiger partial charge in [0.05, 0.1) is 7.11 Å². The van der Waals surface area contributed by atoms with E-state index in [-0.39, 0.29) is 36.9 Å². The number of ether oxygens (including phenoxy) is 2. The third kappa shape index (κ3) is 7.21. The zero-order valence-corrected chi connectivity index (χ0v) is 16.4. The molecular weight excluding hydrogens is 374 g/mol. The number of nitrogens with one attached hydrogen (secondary N) is 1. The lowest BCUT2D eigenvalue weighted by Crippen LogP contribution is -2.15. The van der Waals surface area contributed by atoms with Crippen LogP contribution in [0.3, 0.4) is 0 Å². The highest BCUT2D eigenvalue weighted by molar-refractivity contribution is 5.98. The SMILES string of the molecule is COc1cccc(C(=O)COC(=O)CCCC(=O)Nc2ccc(C(C)=O)cc2)c1. The number of esters is 1. The Hall–Kier alpha value is -3.48. The molecule has 0 unspecified atom stereocenters. The Morgan fingerprint density at radius 3 is 2.31 bits per heavy atom. The van der Waals surface area contributed by atoms with Gasteiger partial charge in [-0.3, -0.25) is 19.2 Å². The van der Waals surface area contributed by atoms with Crippen LogP contribution in [0.1, 0.15) is 46.9 Å². The van der Waals surface area contributed by atoms with Gasteiger partial charge in [0.2, 0.25) is 5.91 Å². The Balaban J connectivity index is 1.68. The van der Waals surface area contributed by atoms with Crippen LogP contribution in [0.2, 0.25) is 0 Å². The molecule has 0 fully saturated rings. The first-order valence-corrected chi connectivity index (χ1v) is 9.13. The van der Waals surface area contributed by atoms with E-state index in [2.05, 4.69) is 5.32 Å². The average Bonchev–Trinajstić information content (AvgIpc) is 2.72. The van der Waals surface area contributed by atoms with E-state index in [0.717, 1.165) is 0 Å². The quantitative estimate of drug-likeness (QED) is 0.487. The van der Waals surface area contributed by atoms with Gasteiger partial charge in [-0.15, -0.1) is 0 Å². The van der Waals surface area contributed by atoms with Crippen LogP contribution in [0.25, 0.3) is 0 Å². The summed E-state index contributed by atoms with van der Waals surface area (Å²) in [4.78, 5) is 47.0. The molecule has 7 nitrogen and oxygen atoms in total. The summed E-state index contributed by atoms with van der Waals surface area (Å²) in [6.07, 6.45) is 0.457. The van der Waals surface area contributed by atoms with Gasteiger partial charge in [0, 0.05) is 29.7 Å². The van der Waals surface area contributed by atoms with Crippen molar-refractivity contribution < 1.29 is 28.7 Å². The molecule has 29 heavy (non-hydrogen) atoms. The molecule has 0 spiro atoms. The average molecular weight is 397 g/mol. The van der Waals surface area contributed by atoms with Crippen LogP contribution in [-0.4, -0.2) is 37.2 Å². The van der Waals surface area contributed by atoms with E-state index in [0.29, 0.717) is 29.0 Å². The van der Waals surface area contributed by atoms with E-state index in [9.17, 15) is 19.2 Å². The van der Waals surface area contributed by atoms with Gasteiger partial charge in [-0.2, -0.15) is 0 Å². The third-order valence-electron chi connectivity index (χ3n) is 4.12. The molecule has 0 aliphatic heterocycles. The minimum Gasteiger partial charge on any atom is -0.497 e. The van der Waals surface area contributed by atoms with E-state index >= 15 is 0 Å². The van der Waals surface area contributed by atoms with Crippen molar-refractivity contribution in [3.63, 3.8) is 0 Å². The van der Waals surface area contributed by atoms with Crippen LogP contribution in [0.4, 0.5) is 5.69 Å². The van der Waals surface area contributed by atoms with Gasteiger partial charge in [0.1, 0.15) is 5.75 Å². The maximum absolute atomic E-state index is 12.1. The first kappa shape index (κ1) is 21.8. The highest BCUT2D eigenvalue weighted by atomic mass is 16.5. The number of methoxy groups -OCH3 is 1. The monoisotopic (exact) mass is 397 g/mol. The molecule has 0 aromatic heterocycles. The number of amides is 1. The minimum absolute atomic E-state index is 0.0298. The topological polar surface area (TPSA) is 98.8 Å². The summed E-state index contributed by atoms with van der Waals surface area (Å²) in [6.45, 7) is 1.11. The summed E-state index contributed by atoms with van der Waals surface area (Å²) in [5, 5.41) is 2.70. The van der Waals surface area contributed by atoms with Crippen LogP contribution >= 0.6 is 0 Å². The molecule has 0 saturated carbocycles. The summed E-state index contributed by atoms with van der Waals surface area (Å²) >= 11 is 0. The molecule has 1 amide bonds. The molecule has 152 valence electrons. The lowest BCUT2D eigenvalue weighted by Gasteiger charge is -2.07. The minimum atomic E-state index is -0.542. The van der Waals surface area contributed by atoms with Crippen molar-refractivity contribution >= 4 is 29.1 Å². The number of carbonyl (C=O) groups is 4. The van der Waals surface area contributed by atoms with Gasteiger partial charge in [-0.25, -0.2) is 0 Å². The van der Waals surface area contributed by atoms with Crippen molar-refractivity contribution in [1.82, 2.24) is 0 Å². The largest absolute Gasteiger partial charge is 0.497 e. The molecule has 1 N–H and O–H groups in total. The van der Waals surface area contributed by atoms with Crippen molar-refractivity contribution in [2.75, 3.05) is 19.0 Å². The predicted octanol–water partition coefficient (Wildman–Crippen LogP) is 3.43. The van der Waals surface area contributed by atoms with E-state index in [4.69, 9.17) is 9.47 Å². The zero-order valence-electron chi connectivity index (χ0n) is 16.4. The summed E-state index contributed by atoms with van der Waals surface area (Å²) in [6, 6.07) is 13.1. The predicted molar refractivity (Wildman–Crippen MR) is 107 cm³/mol. The first-order valence-electron chi connectivity index (χ1n) is 9.13. The number of hydrogen-bond donors (Lipinski definition) is 1. The van der Waals surface area contributed by atoms with Gasteiger partial charge in [0.15, 0.2) is 18.2 Å². The van der Waals surface area contributed by atoms with Gasteiger partial charge in [0.25, 0.3) is 0 Å². The lowest BCUT2D eigenvalue weighted by molar-refractivity contribution is -0.142. The Bertz CT molecular complexity index is 888. The molecule has 0 saturated heterocycles. The smallest absolute Gasteiger partial charge is 0.306 e.